The predicted octanol–water partition coefficient (Wildman–Crippen LogP) is 3.47. The lowest BCUT2D eigenvalue weighted by molar-refractivity contribution is 0.853. The highest BCUT2D eigenvalue weighted by molar-refractivity contribution is 6.31. The zero-order valence-corrected chi connectivity index (χ0v) is 11.7. The molecule has 0 fully saturated rings. The highest BCUT2D eigenvalue weighted by atomic mass is 35.5. The molecule has 0 aliphatic rings. The van der Waals surface area contributed by atoms with Crippen LogP contribution in [0.5, 0.6) is 0 Å². The first-order chi connectivity index (χ1) is 8.54. The molecule has 7 heteroatoms. The van der Waals surface area contributed by atoms with E-state index in [0.717, 1.165) is 5.56 Å². The van der Waals surface area contributed by atoms with Gasteiger partial charge < -0.3 is 4.90 Å². The van der Waals surface area contributed by atoms with Crippen molar-refractivity contribution in [3.05, 3.63) is 45.4 Å². The summed E-state index contributed by atoms with van der Waals surface area (Å²) in [4.78, 5) is 13.5. The van der Waals surface area contributed by atoms with E-state index in [2.05, 4.69) is 15.0 Å². The zero-order valence-electron chi connectivity index (χ0n) is 9.44. The van der Waals surface area contributed by atoms with Crippen molar-refractivity contribution in [2.45, 2.75) is 6.54 Å². The number of nitrogens with zero attached hydrogens (tertiary/aromatic N) is 4. The van der Waals surface area contributed by atoms with Crippen LogP contribution in [-0.2, 0) is 6.54 Å². The van der Waals surface area contributed by atoms with Crippen molar-refractivity contribution in [2.75, 3.05) is 11.9 Å². The fraction of sp³-hybridized carbons (Fsp3) is 0.182. The third-order valence-corrected chi connectivity index (χ3v) is 2.79. The molecule has 0 atom stereocenters. The standard InChI is InChI=1S/C11H9Cl3N4/c1-18(6-7-3-2-4-8(12)5-7)11-16-9(13)15-10(14)17-11/h2-5H,6H2,1H3. The summed E-state index contributed by atoms with van der Waals surface area (Å²) in [5.74, 6) is 0.417. The van der Waals surface area contributed by atoms with Crippen LogP contribution in [0, 0.1) is 0 Å². The molecule has 0 N–H and O–H groups in total. The molecule has 1 aromatic heterocycles. The van der Waals surface area contributed by atoms with E-state index in [4.69, 9.17) is 34.8 Å². The Morgan fingerprint density at radius 3 is 2.33 bits per heavy atom. The van der Waals surface area contributed by atoms with E-state index in [1.54, 1.807) is 0 Å². The summed E-state index contributed by atoms with van der Waals surface area (Å²) >= 11 is 17.4. The van der Waals surface area contributed by atoms with Crippen LogP contribution in [0.15, 0.2) is 24.3 Å². The third-order valence-electron chi connectivity index (χ3n) is 2.22. The molecular formula is C11H9Cl3N4. The van der Waals surface area contributed by atoms with Gasteiger partial charge >= 0.3 is 0 Å². The largest absolute Gasteiger partial charge is 0.339 e. The second kappa shape index (κ2) is 5.69. The molecule has 0 spiro atoms. The number of hydrogen-bond donors (Lipinski definition) is 0. The molecule has 0 aliphatic heterocycles. The van der Waals surface area contributed by atoms with E-state index in [1.807, 2.05) is 36.2 Å². The number of halogens is 3. The van der Waals surface area contributed by atoms with Gasteiger partial charge in [-0.3, -0.25) is 0 Å². The normalized spacial score (nSPS) is 10.4. The summed E-state index contributed by atoms with van der Waals surface area (Å²) < 4.78 is 0. The Bertz CT molecular complexity index is 541. The first kappa shape index (κ1) is 13.3. The second-order valence-electron chi connectivity index (χ2n) is 3.66. The minimum Gasteiger partial charge on any atom is -0.339 e. The van der Waals surface area contributed by atoms with Crippen molar-refractivity contribution in [1.29, 1.82) is 0 Å². The lowest BCUT2D eigenvalue weighted by Crippen LogP contribution is -2.19. The van der Waals surface area contributed by atoms with Crippen LogP contribution >= 0.6 is 34.8 Å². The van der Waals surface area contributed by atoms with Gasteiger partial charge in [0.05, 0.1) is 0 Å². The fourth-order valence-corrected chi connectivity index (χ4v) is 2.03. The maximum atomic E-state index is 5.92. The summed E-state index contributed by atoms with van der Waals surface area (Å²) in [7, 11) is 1.84. The summed E-state index contributed by atoms with van der Waals surface area (Å²) in [5, 5.41) is 0.832. The maximum Gasteiger partial charge on any atom is 0.231 e. The quantitative estimate of drug-likeness (QED) is 0.870. The lowest BCUT2D eigenvalue weighted by atomic mass is 10.2. The number of anilines is 1. The van der Waals surface area contributed by atoms with Gasteiger partial charge in [-0.2, -0.15) is 15.0 Å². The van der Waals surface area contributed by atoms with Crippen molar-refractivity contribution < 1.29 is 0 Å². The average molecular weight is 304 g/mol. The van der Waals surface area contributed by atoms with E-state index in [1.165, 1.54) is 0 Å². The van der Waals surface area contributed by atoms with Gasteiger partial charge in [-0.1, -0.05) is 23.7 Å². The summed E-state index contributed by atoms with van der Waals surface area (Å²) in [6.07, 6.45) is 0. The molecule has 94 valence electrons. The lowest BCUT2D eigenvalue weighted by Gasteiger charge is -2.17. The van der Waals surface area contributed by atoms with Crippen molar-refractivity contribution in [3.8, 4) is 0 Å². The highest BCUT2D eigenvalue weighted by Gasteiger charge is 2.09. The van der Waals surface area contributed by atoms with Gasteiger partial charge in [-0.25, -0.2) is 0 Å². The highest BCUT2D eigenvalue weighted by Crippen LogP contribution is 2.17. The van der Waals surface area contributed by atoms with Crippen LogP contribution < -0.4 is 4.90 Å². The summed E-state index contributed by atoms with van der Waals surface area (Å²) in [5.41, 5.74) is 1.04. The van der Waals surface area contributed by atoms with Gasteiger partial charge in [-0.05, 0) is 40.9 Å². The van der Waals surface area contributed by atoms with Crippen molar-refractivity contribution in [3.63, 3.8) is 0 Å². The van der Waals surface area contributed by atoms with Crippen molar-refractivity contribution in [2.24, 2.45) is 0 Å². The Morgan fingerprint density at radius 2 is 1.72 bits per heavy atom. The maximum absolute atomic E-state index is 5.92. The Kier molecular flexibility index (Phi) is 4.22. The first-order valence-electron chi connectivity index (χ1n) is 5.07. The van der Waals surface area contributed by atoms with Gasteiger partial charge in [0.1, 0.15) is 0 Å². The topological polar surface area (TPSA) is 41.9 Å². The monoisotopic (exact) mass is 302 g/mol. The minimum absolute atomic E-state index is 0.0722. The third kappa shape index (κ3) is 3.45. The van der Waals surface area contributed by atoms with Gasteiger partial charge in [-0.15, -0.1) is 0 Å². The van der Waals surface area contributed by atoms with E-state index in [-0.39, 0.29) is 10.6 Å². The molecule has 2 rings (SSSR count). The second-order valence-corrected chi connectivity index (χ2v) is 4.77. The number of hydrogen-bond acceptors (Lipinski definition) is 4. The Balaban J connectivity index is 2.19. The smallest absolute Gasteiger partial charge is 0.231 e. The fourth-order valence-electron chi connectivity index (χ4n) is 1.47. The van der Waals surface area contributed by atoms with E-state index in [0.29, 0.717) is 17.5 Å². The molecule has 0 saturated heterocycles. The molecule has 0 saturated carbocycles. The molecule has 0 bridgehead atoms. The zero-order chi connectivity index (χ0) is 13.1. The SMILES string of the molecule is CN(Cc1cccc(Cl)c1)c1nc(Cl)nc(Cl)n1. The van der Waals surface area contributed by atoms with Crippen molar-refractivity contribution in [1.82, 2.24) is 15.0 Å². The molecule has 0 radical (unpaired) electrons. The van der Waals surface area contributed by atoms with Gasteiger partial charge in [0.25, 0.3) is 0 Å². The molecule has 1 heterocycles. The molecule has 2 aromatic rings. The molecule has 0 aliphatic carbocycles. The first-order valence-corrected chi connectivity index (χ1v) is 6.20. The van der Waals surface area contributed by atoms with E-state index < -0.39 is 0 Å². The summed E-state index contributed by atoms with van der Waals surface area (Å²) in [6, 6.07) is 7.55. The number of benzene rings is 1. The predicted molar refractivity (Wildman–Crippen MR) is 73.4 cm³/mol. The molecule has 1 aromatic carbocycles. The number of rotatable bonds is 3. The summed E-state index contributed by atoms with van der Waals surface area (Å²) in [6.45, 7) is 0.594. The van der Waals surface area contributed by atoms with Crippen LogP contribution in [0.2, 0.25) is 15.6 Å². The molecule has 18 heavy (non-hydrogen) atoms. The van der Waals surface area contributed by atoms with Crippen LogP contribution in [0.1, 0.15) is 5.56 Å². The molecule has 0 unspecified atom stereocenters. The molecule has 0 amide bonds. The minimum atomic E-state index is 0.0722. The van der Waals surface area contributed by atoms with Crippen molar-refractivity contribution >= 4 is 40.8 Å². The average Bonchev–Trinajstić information content (AvgIpc) is 2.27. The van der Waals surface area contributed by atoms with Crippen LogP contribution in [-0.4, -0.2) is 22.0 Å². The Morgan fingerprint density at radius 1 is 1.06 bits per heavy atom. The molecule has 4 nitrogen and oxygen atoms in total. The Hall–Kier alpha value is -1.10. The van der Waals surface area contributed by atoms with Gasteiger partial charge in [0, 0.05) is 18.6 Å². The Labute approximate surface area is 120 Å². The van der Waals surface area contributed by atoms with Crippen LogP contribution in [0.3, 0.4) is 0 Å². The number of aromatic nitrogens is 3. The van der Waals surface area contributed by atoms with Gasteiger partial charge in [0.15, 0.2) is 0 Å². The van der Waals surface area contributed by atoms with Gasteiger partial charge in [0.2, 0.25) is 16.5 Å². The van der Waals surface area contributed by atoms with Crippen LogP contribution in [0.25, 0.3) is 0 Å². The van der Waals surface area contributed by atoms with E-state index >= 15 is 0 Å². The van der Waals surface area contributed by atoms with Crippen LogP contribution in [0.4, 0.5) is 5.95 Å². The van der Waals surface area contributed by atoms with E-state index in [9.17, 15) is 0 Å². The molecular weight excluding hydrogens is 295 g/mol.